The van der Waals surface area contributed by atoms with Crippen LogP contribution in [0.3, 0.4) is 0 Å². The molecule has 0 aliphatic carbocycles. The summed E-state index contributed by atoms with van der Waals surface area (Å²) in [7, 11) is -0.488. The summed E-state index contributed by atoms with van der Waals surface area (Å²) < 4.78 is 36.1. The second-order valence-electron chi connectivity index (χ2n) is 6.06. The van der Waals surface area contributed by atoms with E-state index in [0.29, 0.717) is 34.9 Å². The highest BCUT2D eigenvalue weighted by Crippen LogP contribution is 2.33. The molecule has 26 heavy (non-hydrogen) atoms. The largest absolute Gasteiger partial charge is 0.493 e. The first-order valence-corrected chi connectivity index (χ1v) is 9.83. The minimum absolute atomic E-state index is 0.163. The fourth-order valence-corrected chi connectivity index (χ4v) is 4.91. The lowest BCUT2D eigenvalue weighted by molar-refractivity contribution is 0.0789. The lowest BCUT2D eigenvalue weighted by Gasteiger charge is -2.19. The Morgan fingerprint density at radius 3 is 2.42 bits per heavy atom. The van der Waals surface area contributed by atoms with E-state index in [9.17, 15) is 13.2 Å². The summed E-state index contributed by atoms with van der Waals surface area (Å²) in [5.74, 6) is 0.562. The lowest BCUT2D eigenvalue weighted by atomic mass is 10.1. The molecule has 1 aliphatic heterocycles. The van der Waals surface area contributed by atoms with Crippen molar-refractivity contribution in [1.29, 1.82) is 0 Å². The Morgan fingerprint density at radius 1 is 1.04 bits per heavy atom. The van der Waals surface area contributed by atoms with Gasteiger partial charge in [-0.3, -0.25) is 4.79 Å². The van der Waals surface area contributed by atoms with Crippen molar-refractivity contribution >= 4 is 15.7 Å². The van der Waals surface area contributed by atoms with Gasteiger partial charge < -0.3 is 14.4 Å². The Kier molecular flexibility index (Phi) is 5.18. The molecule has 1 saturated heterocycles. The molecule has 1 atom stereocenters. The van der Waals surface area contributed by atoms with Gasteiger partial charge in [0.05, 0.1) is 29.9 Å². The van der Waals surface area contributed by atoms with E-state index in [1.54, 1.807) is 53.4 Å². The molecule has 0 N–H and O–H groups in total. The number of carbonyl (C=O) groups is 1. The topological polar surface area (TPSA) is 72.9 Å². The quantitative estimate of drug-likeness (QED) is 0.802. The lowest BCUT2D eigenvalue weighted by Crippen LogP contribution is -2.32. The van der Waals surface area contributed by atoms with E-state index in [-0.39, 0.29) is 12.5 Å². The zero-order valence-corrected chi connectivity index (χ0v) is 15.5. The highest BCUT2D eigenvalue weighted by Gasteiger charge is 2.37. The SMILES string of the molecule is COc1cccc(C(=O)N2CCC(S(=O)(=O)c3ccccc3)C2)c1OC. The van der Waals surface area contributed by atoms with Crippen molar-refractivity contribution in [2.24, 2.45) is 0 Å². The van der Waals surface area contributed by atoms with Gasteiger partial charge in [0.2, 0.25) is 0 Å². The van der Waals surface area contributed by atoms with Gasteiger partial charge in [0.25, 0.3) is 5.91 Å². The van der Waals surface area contributed by atoms with E-state index in [1.165, 1.54) is 14.2 Å². The average molecular weight is 375 g/mol. The number of rotatable bonds is 5. The van der Waals surface area contributed by atoms with E-state index in [2.05, 4.69) is 0 Å². The molecule has 3 rings (SSSR count). The number of methoxy groups -OCH3 is 2. The third kappa shape index (κ3) is 3.26. The summed E-state index contributed by atoms with van der Waals surface area (Å²) in [4.78, 5) is 14.7. The van der Waals surface area contributed by atoms with Crippen LogP contribution in [-0.4, -0.2) is 51.8 Å². The van der Waals surface area contributed by atoms with Crippen LogP contribution in [0.2, 0.25) is 0 Å². The first kappa shape index (κ1) is 18.3. The minimum Gasteiger partial charge on any atom is -0.493 e. The van der Waals surface area contributed by atoms with Crippen LogP contribution in [0.4, 0.5) is 0 Å². The Bertz CT molecular complexity index is 895. The first-order chi connectivity index (χ1) is 12.5. The van der Waals surface area contributed by atoms with Crippen molar-refractivity contribution in [3.63, 3.8) is 0 Å². The van der Waals surface area contributed by atoms with Crippen LogP contribution in [0.15, 0.2) is 53.4 Å². The minimum atomic E-state index is -3.47. The molecule has 0 aromatic heterocycles. The van der Waals surface area contributed by atoms with Gasteiger partial charge in [0.1, 0.15) is 0 Å². The zero-order chi connectivity index (χ0) is 18.7. The van der Waals surface area contributed by atoms with Gasteiger partial charge in [-0.25, -0.2) is 8.42 Å². The van der Waals surface area contributed by atoms with Crippen LogP contribution >= 0.6 is 0 Å². The first-order valence-electron chi connectivity index (χ1n) is 8.28. The second kappa shape index (κ2) is 7.37. The summed E-state index contributed by atoms with van der Waals surface area (Å²) in [6, 6.07) is 13.4. The fourth-order valence-electron chi connectivity index (χ4n) is 3.19. The van der Waals surface area contributed by atoms with E-state index < -0.39 is 15.1 Å². The number of amides is 1. The van der Waals surface area contributed by atoms with Gasteiger partial charge in [-0.2, -0.15) is 0 Å². The molecule has 1 fully saturated rings. The van der Waals surface area contributed by atoms with E-state index in [0.717, 1.165) is 0 Å². The van der Waals surface area contributed by atoms with Crippen molar-refractivity contribution in [1.82, 2.24) is 4.90 Å². The van der Waals surface area contributed by atoms with E-state index >= 15 is 0 Å². The molecule has 7 heteroatoms. The van der Waals surface area contributed by atoms with Gasteiger partial charge in [0, 0.05) is 13.1 Å². The standard InChI is InChI=1S/C19H21NO5S/c1-24-17-10-6-9-16(18(17)25-2)19(21)20-12-11-15(13-20)26(22,23)14-7-4-3-5-8-14/h3-10,15H,11-13H2,1-2H3. The van der Waals surface area contributed by atoms with Crippen molar-refractivity contribution in [2.45, 2.75) is 16.6 Å². The van der Waals surface area contributed by atoms with Gasteiger partial charge in [-0.1, -0.05) is 24.3 Å². The van der Waals surface area contributed by atoms with Gasteiger partial charge >= 0.3 is 0 Å². The van der Waals surface area contributed by atoms with E-state index in [1.807, 2.05) is 0 Å². The molecule has 2 aromatic carbocycles. The highest BCUT2D eigenvalue weighted by molar-refractivity contribution is 7.92. The molecule has 1 heterocycles. The number of para-hydroxylation sites is 1. The molecule has 0 spiro atoms. The van der Waals surface area contributed by atoms with Crippen LogP contribution < -0.4 is 9.47 Å². The number of hydrogen-bond donors (Lipinski definition) is 0. The maximum Gasteiger partial charge on any atom is 0.257 e. The van der Waals surface area contributed by atoms with Crippen molar-refractivity contribution in [3.8, 4) is 11.5 Å². The molecule has 1 unspecified atom stereocenters. The Hall–Kier alpha value is -2.54. The molecule has 0 saturated carbocycles. The van der Waals surface area contributed by atoms with Crippen LogP contribution in [-0.2, 0) is 9.84 Å². The maximum atomic E-state index is 12.9. The third-order valence-electron chi connectivity index (χ3n) is 4.58. The van der Waals surface area contributed by atoms with E-state index in [4.69, 9.17) is 9.47 Å². The van der Waals surface area contributed by atoms with Crippen molar-refractivity contribution in [3.05, 3.63) is 54.1 Å². The Labute approximate surface area is 153 Å². The third-order valence-corrected chi connectivity index (χ3v) is 6.77. The van der Waals surface area contributed by atoms with Crippen LogP contribution in [0.1, 0.15) is 16.8 Å². The van der Waals surface area contributed by atoms with Crippen LogP contribution in [0, 0.1) is 0 Å². The molecule has 1 amide bonds. The Balaban J connectivity index is 1.82. The molecule has 6 nitrogen and oxygen atoms in total. The monoisotopic (exact) mass is 375 g/mol. The average Bonchev–Trinajstić information content (AvgIpc) is 3.18. The summed E-state index contributed by atoms with van der Waals surface area (Å²) >= 11 is 0. The van der Waals surface area contributed by atoms with Crippen LogP contribution in [0.25, 0.3) is 0 Å². The molecule has 0 bridgehead atoms. The molecular weight excluding hydrogens is 354 g/mol. The summed E-state index contributed by atoms with van der Waals surface area (Å²) in [6.07, 6.45) is 0.412. The predicted octanol–water partition coefficient (Wildman–Crippen LogP) is 2.39. The van der Waals surface area contributed by atoms with Gasteiger partial charge in [-0.15, -0.1) is 0 Å². The van der Waals surface area contributed by atoms with Gasteiger partial charge in [-0.05, 0) is 30.7 Å². The number of likely N-dealkylation sites (tertiary alicyclic amines) is 1. The summed E-state index contributed by atoms with van der Waals surface area (Å²) in [5.41, 5.74) is 0.365. The molecule has 2 aromatic rings. The fraction of sp³-hybridized carbons (Fsp3) is 0.316. The molecular formula is C19H21NO5S. The number of carbonyl (C=O) groups excluding carboxylic acids is 1. The number of benzene rings is 2. The molecule has 138 valence electrons. The van der Waals surface area contributed by atoms with Gasteiger partial charge in [0.15, 0.2) is 21.3 Å². The number of ether oxygens (including phenoxy) is 2. The summed E-state index contributed by atoms with van der Waals surface area (Å²) in [6.45, 7) is 0.548. The highest BCUT2D eigenvalue weighted by atomic mass is 32.2. The zero-order valence-electron chi connectivity index (χ0n) is 14.7. The molecule has 1 aliphatic rings. The van der Waals surface area contributed by atoms with Crippen molar-refractivity contribution in [2.75, 3.05) is 27.3 Å². The normalized spacial score (nSPS) is 17.2. The number of hydrogen-bond acceptors (Lipinski definition) is 5. The summed E-state index contributed by atoms with van der Waals surface area (Å²) in [5, 5.41) is -0.606. The number of sulfone groups is 1. The van der Waals surface area contributed by atoms with Crippen LogP contribution in [0.5, 0.6) is 11.5 Å². The smallest absolute Gasteiger partial charge is 0.257 e. The maximum absolute atomic E-state index is 12.9. The Morgan fingerprint density at radius 2 is 1.77 bits per heavy atom. The molecule has 0 radical (unpaired) electrons. The predicted molar refractivity (Wildman–Crippen MR) is 97.5 cm³/mol. The van der Waals surface area contributed by atoms with Crippen molar-refractivity contribution < 1.29 is 22.7 Å². The second-order valence-corrected chi connectivity index (χ2v) is 8.29. The number of nitrogens with zero attached hydrogens (tertiary/aromatic N) is 1.